The van der Waals surface area contributed by atoms with Gasteiger partial charge < -0.3 is 10.6 Å². The molecule has 0 aliphatic heterocycles. The minimum absolute atomic E-state index is 0.120. The number of benzene rings is 3. The van der Waals surface area contributed by atoms with Crippen LogP contribution in [0.3, 0.4) is 0 Å². The number of amides is 1. The summed E-state index contributed by atoms with van der Waals surface area (Å²) in [7, 11) is 0. The topological polar surface area (TPSA) is 59.0 Å². The molecule has 0 aliphatic carbocycles. The first kappa shape index (κ1) is 19.5. The molecule has 5 heteroatoms. The van der Waals surface area contributed by atoms with Crippen molar-refractivity contribution < 1.29 is 4.79 Å². The average Bonchev–Trinajstić information content (AvgIpc) is 3.29. The van der Waals surface area contributed by atoms with E-state index in [1.54, 1.807) is 6.20 Å². The van der Waals surface area contributed by atoms with Crippen LogP contribution in [0.25, 0.3) is 11.1 Å². The molecule has 1 amide bonds. The van der Waals surface area contributed by atoms with E-state index in [1.807, 2.05) is 77.6 Å². The van der Waals surface area contributed by atoms with Crippen molar-refractivity contribution in [1.29, 1.82) is 0 Å². The quantitative estimate of drug-likeness (QED) is 0.450. The normalized spacial score (nSPS) is 10.6. The van der Waals surface area contributed by atoms with Crippen LogP contribution in [0.4, 0.5) is 11.4 Å². The van der Waals surface area contributed by atoms with E-state index in [0.29, 0.717) is 5.56 Å². The molecule has 0 saturated heterocycles. The van der Waals surface area contributed by atoms with E-state index in [4.69, 9.17) is 0 Å². The molecule has 0 saturated carbocycles. The Kier molecular flexibility index (Phi) is 5.90. The number of anilines is 2. The van der Waals surface area contributed by atoms with Crippen LogP contribution in [0, 0.1) is 6.92 Å². The predicted octanol–water partition coefficient (Wildman–Crippen LogP) is 5.22. The highest BCUT2D eigenvalue weighted by molar-refractivity contribution is 6.08. The van der Waals surface area contributed by atoms with Crippen molar-refractivity contribution in [3.05, 3.63) is 102 Å². The molecule has 0 unspecified atom stereocenters. The van der Waals surface area contributed by atoms with E-state index in [0.717, 1.165) is 35.6 Å². The van der Waals surface area contributed by atoms with Gasteiger partial charge in [0, 0.05) is 35.9 Å². The second-order valence-electron chi connectivity index (χ2n) is 7.14. The molecule has 0 bridgehead atoms. The molecular formula is C25H24N4O. The maximum Gasteiger partial charge on any atom is 0.256 e. The van der Waals surface area contributed by atoms with Gasteiger partial charge in [-0.05, 0) is 54.4 Å². The van der Waals surface area contributed by atoms with Crippen LogP contribution < -0.4 is 10.6 Å². The summed E-state index contributed by atoms with van der Waals surface area (Å²) >= 11 is 0. The fourth-order valence-corrected chi connectivity index (χ4v) is 3.28. The molecular weight excluding hydrogens is 372 g/mol. The van der Waals surface area contributed by atoms with Gasteiger partial charge in [0.05, 0.1) is 6.54 Å². The van der Waals surface area contributed by atoms with E-state index in [2.05, 4.69) is 34.8 Å². The van der Waals surface area contributed by atoms with Crippen molar-refractivity contribution in [1.82, 2.24) is 9.78 Å². The van der Waals surface area contributed by atoms with Gasteiger partial charge in [0.2, 0.25) is 0 Å². The molecule has 150 valence electrons. The maximum atomic E-state index is 12.9. The van der Waals surface area contributed by atoms with E-state index in [9.17, 15) is 4.79 Å². The molecule has 0 atom stereocenters. The van der Waals surface area contributed by atoms with Gasteiger partial charge in [0.15, 0.2) is 0 Å². The van der Waals surface area contributed by atoms with Crippen LogP contribution in [0.5, 0.6) is 0 Å². The lowest BCUT2D eigenvalue weighted by atomic mass is 9.98. The second-order valence-corrected chi connectivity index (χ2v) is 7.14. The van der Waals surface area contributed by atoms with Crippen molar-refractivity contribution in [3.8, 4) is 11.1 Å². The predicted molar refractivity (Wildman–Crippen MR) is 122 cm³/mol. The summed E-state index contributed by atoms with van der Waals surface area (Å²) in [6, 6.07) is 25.5. The molecule has 2 N–H and O–H groups in total. The first-order valence-corrected chi connectivity index (χ1v) is 9.98. The zero-order chi connectivity index (χ0) is 20.8. The van der Waals surface area contributed by atoms with E-state index in [1.165, 1.54) is 5.56 Å². The van der Waals surface area contributed by atoms with Crippen molar-refractivity contribution in [3.63, 3.8) is 0 Å². The van der Waals surface area contributed by atoms with Crippen LogP contribution in [0.1, 0.15) is 15.9 Å². The summed E-state index contributed by atoms with van der Waals surface area (Å²) in [6.45, 7) is 3.62. The third-order valence-electron chi connectivity index (χ3n) is 4.91. The largest absolute Gasteiger partial charge is 0.383 e. The number of rotatable bonds is 7. The second kappa shape index (κ2) is 9.09. The summed E-state index contributed by atoms with van der Waals surface area (Å²) in [5.74, 6) is -0.120. The Labute approximate surface area is 176 Å². The Morgan fingerprint density at radius 2 is 1.63 bits per heavy atom. The first-order chi connectivity index (χ1) is 14.7. The Balaban J connectivity index is 1.41. The monoisotopic (exact) mass is 396 g/mol. The summed E-state index contributed by atoms with van der Waals surface area (Å²) in [5.41, 5.74) is 5.56. The van der Waals surface area contributed by atoms with E-state index >= 15 is 0 Å². The smallest absolute Gasteiger partial charge is 0.256 e. The number of aromatic nitrogens is 2. The number of hydrogen-bond donors (Lipinski definition) is 2. The molecule has 4 rings (SSSR count). The summed E-state index contributed by atoms with van der Waals surface area (Å²) in [5, 5.41) is 10.5. The molecule has 0 radical (unpaired) electrons. The Morgan fingerprint density at radius 1 is 0.900 bits per heavy atom. The van der Waals surface area contributed by atoms with E-state index < -0.39 is 0 Å². The highest BCUT2D eigenvalue weighted by Crippen LogP contribution is 2.25. The van der Waals surface area contributed by atoms with Gasteiger partial charge in [-0.15, -0.1) is 0 Å². The third-order valence-corrected chi connectivity index (χ3v) is 4.91. The van der Waals surface area contributed by atoms with Crippen molar-refractivity contribution in [2.24, 2.45) is 0 Å². The minimum atomic E-state index is -0.120. The van der Waals surface area contributed by atoms with Crippen molar-refractivity contribution in [2.75, 3.05) is 17.2 Å². The van der Waals surface area contributed by atoms with Gasteiger partial charge in [0.1, 0.15) is 0 Å². The molecule has 4 aromatic rings. The van der Waals surface area contributed by atoms with Gasteiger partial charge in [0.25, 0.3) is 5.91 Å². The number of nitrogens with zero attached hydrogens (tertiary/aromatic N) is 2. The molecule has 30 heavy (non-hydrogen) atoms. The minimum Gasteiger partial charge on any atom is -0.383 e. The van der Waals surface area contributed by atoms with Gasteiger partial charge in [-0.2, -0.15) is 5.10 Å². The highest BCUT2D eigenvalue weighted by atomic mass is 16.1. The molecule has 5 nitrogen and oxygen atoms in total. The Hall–Kier alpha value is -3.86. The molecule has 0 fully saturated rings. The van der Waals surface area contributed by atoms with Gasteiger partial charge in [-0.3, -0.25) is 9.48 Å². The number of hydrogen-bond acceptors (Lipinski definition) is 3. The summed E-state index contributed by atoms with van der Waals surface area (Å²) < 4.78 is 1.88. The van der Waals surface area contributed by atoms with Crippen LogP contribution >= 0.6 is 0 Å². The lowest BCUT2D eigenvalue weighted by Gasteiger charge is -2.12. The number of nitrogens with one attached hydrogen (secondary N) is 2. The highest BCUT2D eigenvalue weighted by Gasteiger charge is 2.12. The standard InChI is InChI=1S/C25H24N4O/c1-19-7-9-20(10-8-19)23-5-2-3-6-24(23)25(30)28-22-13-11-21(12-14-22)26-16-18-29-17-4-15-27-29/h2-15,17,26H,16,18H2,1H3,(H,28,30). The van der Waals surface area contributed by atoms with Crippen molar-refractivity contribution in [2.45, 2.75) is 13.5 Å². The molecule has 3 aromatic carbocycles. The van der Waals surface area contributed by atoms with Gasteiger partial charge >= 0.3 is 0 Å². The molecule has 0 aliphatic rings. The van der Waals surface area contributed by atoms with Gasteiger partial charge in [-0.1, -0.05) is 48.0 Å². The number of carbonyl (C=O) groups excluding carboxylic acids is 1. The molecule has 1 aromatic heterocycles. The van der Waals surface area contributed by atoms with E-state index in [-0.39, 0.29) is 5.91 Å². The van der Waals surface area contributed by atoms with Crippen LogP contribution in [0.2, 0.25) is 0 Å². The molecule has 0 spiro atoms. The van der Waals surface area contributed by atoms with Crippen molar-refractivity contribution >= 4 is 17.3 Å². The fraction of sp³-hybridized carbons (Fsp3) is 0.120. The zero-order valence-electron chi connectivity index (χ0n) is 16.9. The Morgan fingerprint density at radius 3 is 2.37 bits per heavy atom. The van der Waals surface area contributed by atoms with Crippen LogP contribution in [0.15, 0.2) is 91.3 Å². The molecule has 1 heterocycles. The third kappa shape index (κ3) is 4.75. The maximum absolute atomic E-state index is 12.9. The average molecular weight is 396 g/mol. The fourth-order valence-electron chi connectivity index (χ4n) is 3.28. The zero-order valence-corrected chi connectivity index (χ0v) is 16.9. The summed E-state index contributed by atoms with van der Waals surface area (Å²) in [6.07, 6.45) is 3.71. The Bertz CT molecular complexity index is 1100. The number of carbonyl (C=O) groups is 1. The summed E-state index contributed by atoms with van der Waals surface area (Å²) in [4.78, 5) is 12.9. The first-order valence-electron chi connectivity index (χ1n) is 9.98. The van der Waals surface area contributed by atoms with Crippen LogP contribution in [-0.4, -0.2) is 22.2 Å². The van der Waals surface area contributed by atoms with Crippen LogP contribution in [-0.2, 0) is 6.54 Å². The van der Waals surface area contributed by atoms with Gasteiger partial charge in [-0.25, -0.2) is 0 Å². The SMILES string of the molecule is Cc1ccc(-c2ccccc2C(=O)Nc2ccc(NCCn3cccn3)cc2)cc1. The number of aryl methyl sites for hydroxylation is 1. The lowest BCUT2D eigenvalue weighted by molar-refractivity contribution is 0.102. The lowest BCUT2D eigenvalue weighted by Crippen LogP contribution is -2.13.